The molecule has 3 aromatic carbocycles. The second kappa shape index (κ2) is 9.79. The summed E-state index contributed by atoms with van der Waals surface area (Å²) < 4.78 is 11.0. The number of carboxylic acids is 1. The molecule has 2 aromatic heterocycles. The van der Waals surface area contributed by atoms with Crippen molar-refractivity contribution < 1.29 is 24.0 Å². The second-order valence-electron chi connectivity index (χ2n) is 8.35. The van der Waals surface area contributed by atoms with E-state index >= 15 is 0 Å². The maximum absolute atomic E-state index is 12.6. The van der Waals surface area contributed by atoms with Crippen LogP contribution in [0.25, 0.3) is 33.4 Å². The third-order valence-electron chi connectivity index (χ3n) is 5.95. The largest absolute Gasteiger partial charge is 0.481 e. The molecule has 0 spiro atoms. The molecule has 0 fully saturated rings. The van der Waals surface area contributed by atoms with Crippen molar-refractivity contribution in [1.82, 2.24) is 10.1 Å². The summed E-state index contributed by atoms with van der Waals surface area (Å²) in [6.07, 6.45) is 2.21. The summed E-state index contributed by atoms with van der Waals surface area (Å²) in [6, 6.07) is 22.7. The number of aliphatic carboxylic acids is 1. The fourth-order valence-electron chi connectivity index (χ4n) is 4.19. The average molecular weight is 482 g/mol. The molecule has 0 aliphatic heterocycles. The van der Waals surface area contributed by atoms with E-state index in [-0.39, 0.29) is 6.42 Å². The van der Waals surface area contributed by atoms with Crippen LogP contribution in [0.15, 0.2) is 89.7 Å². The van der Waals surface area contributed by atoms with Gasteiger partial charge < -0.3 is 19.4 Å². The number of ether oxygens (including phenoxy) is 1. The standard InChI is InChI=1S/C28H23N3O5/c1-17(19-5-3-2-4-6-19)35-28(34)31-24-16-30-36-27(24)23-12-11-21(22-13-14-29-26(22)23)20-9-7-18(8-10-20)15-25(32)33/h2-14,16-17,29H,15H2,1H3,(H,31,34)(H,32,33). The smallest absolute Gasteiger partial charge is 0.412 e. The van der Waals surface area contributed by atoms with Gasteiger partial charge in [0.05, 0.1) is 18.1 Å². The van der Waals surface area contributed by atoms with Crippen LogP contribution in [-0.2, 0) is 16.0 Å². The molecule has 8 heteroatoms. The van der Waals surface area contributed by atoms with Crippen molar-refractivity contribution >= 4 is 28.7 Å². The van der Waals surface area contributed by atoms with Crippen molar-refractivity contribution in [3.63, 3.8) is 0 Å². The van der Waals surface area contributed by atoms with E-state index in [0.717, 1.165) is 38.7 Å². The van der Waals surface area contributed by atoms with Crippen molar-refractivity contribution in [3.8, 4) is 22.5 Å². The lowest BCUT2D eigenvalue weighted by Crippen LogP contribution is -2.16. The molecule has 5 rings (SSSR count). The van der Waals surface area contributed by atoms with E-state index in [1.165, 1.54) is 6.20 Å². The summed E-state index contributed by atoms with van der Waals surface area (Å²) in [4.78, 5) is 26.8. The summed E-state index contributed by atoms with van der Waals surface area (Å²) in [7, 11) is 0. The third kappa shape index (κ3) is 4.69. The van der Waals surface area contributed by atoms with Crippen LogP contribution in [0.4, 0.5) is 10.5 Å². The Morgan fingerprint density at radius 3 is 2.53 bits per heavy atom. The Balaban J connectivity index is 1.40. The van der Waals surface area contributed by atoms with Gasteiger partial charge in [-0.15, -0.1) is 0 Å². The number of H-pyrrole nitrogens is 1. The fraction of sp³-hybridized carbons (Fsp3) is 0.107. The zero-order valence-corrected chi connectivity index (χ0v) is 19.4. The molecule has 3 N–H and O–H groups in total. The van der Waals surface area contributed by atoms with Gasteiger partial charge >= 0.3 is 12.1 Å². The molecule has 180 valence electrons. The van der Waals surface area contributed by atoms with Crippen LogP contribution in [-0.4, -0.2) is 27.3 Å². The normalized spacial score (nSPS) is 11.8. The minimum Gasteiger partial charge on any atom is -0.481 e. The molecule has 0 aliphatic carbocycles. The van der Waals surface area contributed by atoms with Gasteiger partial charge in [0.2, 0.25) is 0 Å². The number of carboxylic acid groups (broad SMARTS) is 1. The molecule has 1 unspecified atom stereocenters. The Hall–Kier alpha value is -4.85. The van der Waals surface area contributed by atoms with Gasteiger partial charge in [-0.1, -0.05) is 65.8 Å². The van der Waals surface area contributed by atoms with E-state index in [2.05, 4.69) is 15.5 Å². The van der Waals surface area contributed by atoms with E-state index in [4.69, 9.17) is 14.4 Å². The zero-order chi connectivity index (χ0) is 25.1. The molecular weight excluding hydrogens is 458 g/mol. The summed E-state index contributed by atoms with van der Waals surface area (Å²) in [5.41, 5.74) is 5.48. The van der Waals surface area contributed by atoms with E-state index in [1.54, 1.807) is 6.92 Å². The number of fused-ring (bicyclic) bond motifs is 1. The molecule has 5 aromatic rings. The van der Waals surface area contributed by atoms with Gasteiger partial charge in [-0.05, 0) is 41.3 Å². The quantitative estimate of drug-likeness (QED) is 0.247. The summed E-state index contributed by atoms with van der Waals surface area (Å²) in [5, 5.41) is 16.6. The molecule has 2 heterocycles. The summed E-state index contributed by atoms with van der Waals surface area (Å²) in [5.74, 6) is -0.467. The number of rotatable bonds is 7. The minimum absolute atomic E-state index is 0.0212. The Morgan fingerprint density at radius 1 is 1.03 bits per heavy atom. The number of carbonyl (C=O) groups excluding carboxylic acids is 1. The van der Waals surface area contributed by atoms with E-state index < -0.39 is 18.2 Å². The Labute approximate surface area is 206 Å². The van der Waals surface area contributed by atoms with Gasteiger partial charge in [0.25, 0.3) is 0 Å². The molecule has 0 saturated carbocycles. The average Bonchev–Trinajstić information content (AvgIpc) is 3.54. The van der Waals surface area contributed by atoms with Crippen molar-refractivity contribution in [3.05, 3.63) is 96.3 Å². The van der Waals surface area contributed by atoms with Crippen LogP contribution in [0, 0.1) is 0 Å². The first kappa shape index (κ1) is 22.9. The van der Waals surface area contributed by atoms with Gasteiger partial charge in [-0.2, -0.15) is 0 Å². The van der Waals surface area contributed by atoms with Crippen molar-refractivity contribution in [2.45, 2.75) is 19.4 Å². The van der Waals surface area contributed by atoms with Crippen molar-refractivity contribution in [2.75, 3.05) is 5.32 Å². The Morgan fingerprint density at radius 2 is 1.78 bits per heavy atom. The van der Waals surface area contributed by atoms with Gasteiger partial charge in [0.1, 0.15) is 11.8 Å². The maximum atomic E-state index is 12.6. The number of nitrogens with zero attached hydrogens (tertiary/aromatic N) is 1. The van der Waals surface area contributed by atoms with E-state index in [1.807, 2.05) is 79.0 Å². The number of amides is 1. The Bertz CT molecular complexity index is 1520. The van der Waals surface area contributed by atoms with Crippen molar-refractivity contribution in [2.24, 2.45) is 0 Å². The number of benzene rings is 3. The van der Waals surface area contributed by atoms with E-state index in [9.17, 15) is 9.59 Å². The maximum Gasteiger partial charge on any atom is 0.412 e. The van der Waals surface area contributed by atoms with Crippen LogP contribution in [0.1, 0.15) is 24.2 Å². The lowest BCUT2D eigenvalue weighted by atomic mass is 9.97. The van der Waals surface area contributed by atoms with Gasteiger partial charge in [0.15, 0.2) is 5.76 Å². The molecule has 36 heavy (non-hydrogen) atoms. The molecular formula is C28H23N3O5. The highest BCUT2D eigenvalue weighted by molar-refractivity contribution is 6.04. The van der Waals surface area contributed by atoms with Gasteiger partial charge in [0, 0.05) is 17.1 Å². The van der Waals surface area contributed by atoms with Crippen molar-refractivity contribution in [1.29, 1.82) is 0 Å². The Kier molecular flexibility index (Phi) is 6.23. The molecule has 0 radical (unpaired) electrons. The second-order valence-corrected chi connectivity index (χ2v) is 8.35. The van der Waals surface area contributed by atoms with Gasteiger partial charge in [-0.25, -0.2) is 4.79 Å². The fourth-order valence-corrected chi connectivity index (χ4v) is 4.19. The van der Waals surface area contributed by atoms with Crippen LogP contribution < -0.4 is 5.32 Å². The molecule has 8 nitrogen and oxygen atoms in total. The summed E-state index contributed by atoms with van der Waals surface area (Å²) in [6.45, 7) is 1.80. The van der Waals surface area contributed by atoms with Crippen LogP contribution in [0.3, 0.4) is 0 Å². The minimum atomic E-state index is -0.866. The number of aromatic nitrogens is 2. The topological polar surface area (TPSA) is 117 Å². The highest BCUT2D eigenvalue weighted by Crippen LogP contribution is 2.38. The number of hydrogen-bond acceptors (Lipinski definition) is 5. The highest BCUT2D eigenvalue weighted by Gasteiger charge is 2.20. The van der Waals surface area contributed by atoms with Gasteiger partial charge in [-0.3, -0.25) is 10.1 Å². The lowest BCUT2D eigenvalue weighted by Gasteiger charge is -2.14. The monoisotopic (exact) mass is 481 g/mol. The SMILES string of the molecule is CC(OC(=O)Nc1cnoc1-c1ccc(-c2ccc(CC(=O)O)cc2)c2cc[nH]c12)c1ccccc1. The first-order chi connectivity index (χ1) is 17.5. The molecule has 0 bridgehead atoms. The number of anilines is 1. The lowest BCUT2D eigenvalue weighted by molar-refractivity contribution is -0.136. The third-order valence-corrected chi connectivity index (χ3v) is 5.95. The van der Waals surface area contributed by atoms with Crippen LogP contribution in [0.5, 0.6) is 0 Å². The first-order valence-corrected chi connectivity index (χ1v) is 11.4. The molecule has 1 atom stereocenters. The molecule has 0 aliphatic rings. The molecule has 0 saturated heterocycles. The number of nitrogens with one attached hydrogen (secondary N) is 2. The molecule has 1 amide bonds. The zero-order valence-electron chi connectivity index (χ0n) is 19.4. The highest BCUT2D eigenvalue weighted by atomic mass is 16.6. The predicted molar refractivity (Wildman–Crippen MR) is 136 cm³/mol. The van der Waals surface area contributed by atoms with Crippen LogP contribution >= 0.6 is 0 Å². The number of aromatic amines is 1. The summed E-state index contributed by atoms with van der Waals surface area (Å²) >= 11 is 0. The first-order valence-electron chi connectivity index (χ1n) is 11.4. The van der Waals surface area contributed by atoms with Crippen LogP contribution in [0.2, 0.25) is 0 Å². The predicted octanol–water partition coefficient (Wildman–Crippen LogP) is 6.43. The van der Waals surface area contributed by atoms with E-state index in [0.29, 0.717) is 11.4 Å². The number of hydrogen-bond donors (Lipinski definition) is 3. The number of carbonyl (C=O) groups is 2.